The highest BCUT2D eigenvalue weighted by atomic mass is 32.2. The summed E-state index contributed by atoms with van der Waals surface area (Å²) in [6.45, 7) is 4.82. The Labute approximate surface area is 169 Å². The molecule has 1 N–H and O–H groups in total. The van der Waals surface area contributed by atoms with Crippen LogP contribution in [0.25, 0.3) is 0 Å². The Morgan fingerprint density at radius 1 is 1.10 bits per heavy atom. The third-order valence-electron chi connectivity index (χ3n) is 5.00. The number of hydrogen-bond donors (Lipinski definition) is 1. The standard InChI is InChI=1S/C20H22F2N4O2S/c1-14(24-29(27,28)17-4-5-19(22)15(11-17)13-23)18-12-16(21)3-6-20(18)26-9-7-25(2)8-10-26/h3-6,11-12,14,24H,7-10H2,1-2H3. The van der Waals surface area contributed by atoms with Crippen molar-refractivity contribution in [3.63, 3.8) is 0 Å². The zero-order chi connectivity index (χ0) is 21.2. The van der Waals surface area contributed by atoms with Crippen LogP contribution in [0.3, 0.4) is 0 Å². The molecule has 29 heavy (non-hydrogen) atoms. The first-order valence-corrected chi connectivity index (χ1v) is 10.6. The summed E-state index contributed by atoms with van der Waals surface area (Å²) >= 11 is 0. The van der Waals surface area contributed by atoms with Crippen molar-refractivity contribution in [2.75, 3.05) is 38.1 Å². The third-order valence-corrected chi connectivity index (χ3v) is 6.54. The molecule has 1 aliphatic heterocycles. The van der Waals surface area contributed by atoms with Gasteiger partial charge in [0.1, 0.15) is 17.7 Å². The maximum Gasteiger partial charge on any atom is 0.241 e. The summed E-state index contributed by atoms with van der Waals surface area (Å²) in [7, 11) is -2.02. The van der Waals surface area contributed by atoms with Gasteiger partial charge in [0.05, 0.1) is 10.5 Å². The number of nitrogens with zero attached hydrogens (tertiary/aromatic N) is 3. The van der Waals surface area contributed by atoms with Crippen LogP contribution in [0.15, 0.2) is 41.3 Å². The fourth-order valence-electron chi connectivity index (χ4n) is 3.33. The maximum absolute atomic E-state index is 14.0. The van der Waals surface area contributed by atoms with Crippen LogP contribution < -0.4 is 9.62 Å². The summed E-state index contributed by atoms with van der Waals surface area (Å²) in [6, 6.07) is 8.26. The Kier molecular flexibility index (Phi) is 6.17. The van der Waals surface area contributed by atoms with Gasteiger partial charge >= 0.3 is 0 Å². The van der Waals surface area contributed by atoms with Gasteiger partial charge in [-0.05, 0) is 55.9 Å². The van der Waals surface area contributed by atoms with Crippen LogP contribution in [0.1, 0.15) is 24.1 Å². The van der Waals surface area contributed by atoms with Crippen LogP contribution >= 0.6 is 0 Å². The molecule has 2 aromatic carbocycles. The molecule has 1 heterocycles. The summed E-state index contributed by atoms with van der Waals surface area (Å²) in [6.07, 6.45) is 0. The van der Waals surface area contributed by atoms with E-state index in [9.17, 15) is 17.2 Å². The van der Waals surface area contributed by atoms with Crippen LogP contribution in [0, 0.1) is 23.0 Å². The minimum absolute atomic E-state index is 0.222. The van der Waals surface area contributed by atoms with Crippen molar-refractivity contribution in [3.05, 3.63) is 59.2 Å². The molecule has 9 heteroatoms. The Morgan fingerprint density at radius 2 is 1.79 bits per heavy atom. The number of piperazine rings is 1. The molecular weight excluding hydrogens is 398 g/mol. The Morgan fingerprint density at radius 3 is 2.45 bits per heavy atom. The first-order chi connectivity index (χ1) is 13.7. The lowest BCUT2D eigenvalue weighted by atomic mass is 10.0. The first-order valence-electron chi connectivity index (χ1n) is 9.16. The highest BCUT2D eigenvalue weighted by Crippen LogP contribution is 2.29. The van der Waals surface area contributed by atoms with Crippen molar-refractivity contribution in [2.45, 2.75) is 17.9 Å². The zero-order valence-corrected chi connectivity index (χ0v) is 17.0. The molecule has 3 rings (SSSR count). The predicted octanol–water partition coefficient (Wildman–Crippen LogP) is 2.63. The lowest BCUT2D eigenvalue weighted by Gasteiger charge is -2.36. The summed E-state index contributed by atoms with van der Waals surface area (Å²) in [5.41, 5.74) is 0.927. The first kappa shape index (κ1) is 21.2. The molecule has 0 aromatic heterocycles. The molecule has 1 unspecified atom stereocenters. The van der Waals surface area contributed by atoms with E-state index in [1.807, 2.05) is 7.05 Å². The van der Waals surface area contributed by atoms with E-state index < -0.39 is 27.7 Å². The number of hydrogen-bond acceptors (Lipinski definition) is 5. The summed E-state index contributed by atoms with van der Waals surface area (Å²) in [4.78, 5) is 4.07. The maximum atomic E-state index is 14.0. The molecule has 0 spiro atoms. The van der Waals surface area contributed by atoms with Gasteiger partial charge in [0, 0.05) is 37.9 Å². The van der Waals surface area contributed by atoms with E-state index in [2.05, 4.69) is 14.5 Å². The molecule has 6 nitrogen and oxygen atoms in total. The number of halogens is 2. The van der Waals surface area contributed by atoms with Gasteiger partial charge in [0.15, 0.2) is 0 Å². The van der Waals surface area contributed by atoms with E-state index in [0.29, 0.717) is 5.56 Å². The van der Waals surface area contributed by atoms with Crippen molar-refractivity contribution >= 4 is 15.7 Å². The van der Waals surface area contributed by atoms with Crippen LogP contribution in [-0.4, -0.2) is 46.5 Å². The van der Waals surface area contributed by atoms with Gasteiger partial charge in [-0.3, -0.25) is 0 Å². The van der Waals surface area contributed by atoms with Gasteiger partial charge in [0.25, 0.3) is 0 Å². The summed E-state index contributed by atoms with van der Waals surface area (Å²) < 4.78 is 55.5. The molecule has 1 fully saturated rings. The Balaban J connectivity index is 1.89. The van der Waals surface area contributed by atoms with Crippen molar-refractivity contribution in [1.82, 2.24) is 9.62 Å². The van der Waals surface area contributed by atoms with Gasteiger partial charge in [-0.2, -0.15) is 5.26 Å². The smallest absolute Gasteiger partial charge is 0.241 e. The van der Waals surface area contributed by atoms with Crippen LogP contribution in [-0.2, 0) is 10.0 Å². The molecule has 1 saturated heterocycles. The van der Waals surface area contributed by atoms with Gasteiger partial charge < -0.3 is 9.80 Å². The van der Waals surface area contributed by atoms with Gasteiger partial charge in [-0.25, -0.2) is 21.9 Å². The van der Waals surface area contributed by atoms with Crippen molar-refractivity contribution in [1.29, 1.82) is 5.26 Å². The number of rotatable bonds is 5. The molecule has 0 bridgehead atoms. The number of sulfonamides is 1. The van der Waals surface area contributed by atoms with E-state index in [4.69, 9.17) is 5.26 Å². The normalized spacial score (nSPS) is 16.4. The highest BCUT2D eigenvalue weighted by Gasteiger charge is 2.24. The third kappa shape index (κ3) is 4.72. The van der Waals surface area contributed by atoms with Gasteiger partial charge in [0.2, 0.25) is 10.0 Å². The number of nitrogens with one attached hydrogen (secondary N) is 1. The minimum atomic E-state index is -4.04. The van der Waals surface area contributed by atoms with E-state index in [-0.39, 0.29) is 10.5 Å². The van der Waals surface area contributed by atoms with Gasteiger partial charge in [-0.15, -0.1) is 0 Å². The van der Waals surface area contributed by atoms with Crippen LogP contribution in [0.5, 0.6) is 0 Å². The Hall–Kier alpha value is -2.54. The summed E-state index contributed by atoms with van der Waals surface area (Å²) in [5.74, 6) is -1.25. The van der Waals surface area contributed by atoms with Gasteiger partial charge in [-0.1, -0.05) is 0 Å². The lowest BCUT2D eigenvalue weighted by Crippen LogP contribution is -2.45. The molecule has 2 aromatic rings. The lowest BCUT2D eigenvalue weighted by molar-refractivity contribution is 0.312. The molecule has 0 aliphatic carbocycles. The second kappa shape index (κ2) is 8.45. The fourth-order valence-corrected chi connectivity index (χ4v) is 4.58. The molecule has 0 radical (unpaired) electrons. The quantitative estimate of drug-likeness (QED) is 0.805. The largest absolute Gasteiger partial charge is 0.369 e. The number of benzene rings is 2. The van der Waals surface area contributed by atoms with E-state index in [1.165, 1.54) is 12.1 Å². The summed E-state index contributed by atoms with van der Waals surface area (Å²) in [5, 5.41) is 8.94. The monoisotopic (exact) mass is 420 g/mol. The molecule has 0 saturated carbocycles. The van der Waals surface area contributed by atoms with E-state index in [1.54, 1.807) is 19.1 Å². The molecule has 0 amide bonds. The fraction of sp³-hybridized carbons (Fsp3) is 0.350. The molecule has 1 aliphatic rings. The molecule has 1 atom stereocenters. The predicted molar refractivity (Wildman–Crippen MR) is 106 cm³/mol. The second-order valence-corrected chi connectivity index (χ2v) is 8.80. The van der Waals surface area contributed by atoms with Crippen molar-refractivity contribution in [3.8, 4) is 6.07 Å². The number of anilines is 1. The van der Waals surface area contributed by atoms with Crippen LogP contribution in [0.2, 0.25) is 0 Å². The van der Waals surface area contributed by atoms with E-state index >= 15 is 0 Å². The number of nitriles is 1. The minimum Gasteiger partial charge on any atom is -0.369 e. The van der Waals surface area contributed by atoms with Crippen molar-refractivity contribution in [2.24, 2.45) is 0 Å². The SMILES string of the molecule is CC(NS(=O)(=O)c1ccc(F)c(C#N)c1)c1cc(F)ccc1N1CCN(C)CC1. The van der Waals surface area contributed by atoms with Crippen LogP contribution in [0.4, 0.5) is 14.5 Å². The molecular formula is C20H22F2N4O2S. The Bertz CT molecular complexity index is 1040. The molecule has 154 valence electrons. The zero-order valence-electron chi connectivity index (χ0n) is 16.2. The highest BCUT2D eigenvalue weighted by molar-refractivity contribution is 7.89. The van der Waals surface area contributed by atoms with E-state index in [0.717, 1.165) is 50.1 Å². The van der Waals surface area contributed by atoms with Crippen molar-refractivity contribution < 1.29 is 17.2 Å². The average Bonchev–Trinajstić information content (AvgIpc) is 2.68. The number of likely N-dealkylation sites (N-methyl/N-ethyl adjacent to an activating group) is 1. The topological polar surface area (TPSA) is 76.4 Å². The average molecular weight is 420 g/mol. The second-order valence-electron chi connectivity index (χ2n) is 7.09.